The Labute approximate surface area is 120 Å². The molecular formula is C13H10Cl2N2O2. The van der Waals surface area contributed by atoms with Gasteiger partial charge in [0.25, 0.3) is 0 Å². The van der Waals surface area contributed by atoms with Crippen LogP contribution in [0.4, 0.5) is 0 Å². The second kappa shape index (κ2) is 5.82. The second-order valence-corrected chi connectivity index (χ2v) is 4.53. The van der Waals surface area contributed by atoms with Crippen LogP contribution in [-0.4, -0.2) is 11.0 Å². The molecule has 0 aliphatic carbocycles. The Morgan fingerprint density at radius 2 is 1.79 bits per heavy atom. The number of amidine groups is 1. The minimum absolute atomic E-state index is 0.0380. The fraction of sp³-hybridized carbons (Fsp3) is 0. The fourth-order valence-corrected chi connectivity index (χ4v) is 1.88. The quantitative estimate of drug-likeness (QED) is 0.391. The number of ether oxygens (including phenoxy) is 1. The minimum Gasteiger partial charge on any atom is -0.456 e. The van der Waals surface area contributed by atoms with Gasteiger partial charge in [-0.25, -0.2) is 0 Å². The molecule has 2 rings (SSSR count). The van der Waals surface area contributed by atoms with Gasteiger partial charge < -0.3 is 15.7 Å². The molecule has 19 heavy (non-hydrogen) atoms. The molecule has 0 amide bonds. The molecule has 0 fully saturated rings. The molecule has 0 aromatic heterocycles. The van der Waals surface area contributed by atoms with Crippen LogP contribution in [0.3, 0.4) is 0 Å². The summed E-state index contributed by atoms with van der Waals surface area (Å²) in [5, 5.41) is 12.4. The van der Waals surface area contributed by atoms with Crippen LogP contribution in [0.15, 0.2) is 47.6 Å². The predicted octanol–water partition coefficient (Wildman–Crippen LogP) is 3.88. The molecule has 6 heteroatoms. The molecule has 4 nitrogen and oxygen atoms in total. The SMILES string of the molecule is N/C(=N\O)c1ccc(Oc2ccc(Cl)cc2Cl)cc1. The van der Waals surface area contributed by atoms with Crippen LogP contribution < -0.4 is 10.5 Å². The molecule has 2 aromatic carbocycles. The van der Waals surface area contributed by atoms with E-state index in [1.807, 2.05) is 0 Å². The van der Waals surface area contributed by atoms with Crippen LogP contribution in [0.5, 0.6) is 11.5 Å². The number of halogens is 2. The van der Waals surface area contributed by atoms with Crippen molar-refractivity contribution in [3.05, 3.63) is 58.1 Å². The normalized spacial score (nSPS) is 11.4. The number of rotatable bonds is 3. The van der Waals surface area contributed by atoms with E-state index in [2.05, 4.69) is 5.16 Å². The van der Waals surface area contributed by atoms with Gasteiger partial charge in [0, 0.05) is 10.6 Å². The Kier molecular flexibility index (Phi) is 4.14. The number of benzene rings is 2. The molecule has 0 saturated carbocycles. The Morgan fingerprint density at radius 1 is 1.11 bits per heavy atom. The van der Waals surface area contributed by atoms with Gasteiger partial charge in [-0.05, 0) is 42.5 Å². The summed E-state index contributed by atoms with van der Waals surface area (Å²) in [5.41, 5.74) is 6.06. The van der Waals surface area contributed by atoms with Gasteiger partial charge in [-0.15, -0.1) is 0 Å². The molecule has 0 aliphatic rings. The van der Waals surface area contributed by atoms with Crippen molar-refractivity contribution in [2.75, 3.05) is 0 Å². The van der Waals surface area contributed by atoms with E-state index in [1.54, 1.807) is 42.5 Å². The average molecular weight is 297 g/mol. The molecule has 0 radical (unpaired) electrons. The Bertz CT molecular complexity index is 613. The minimum atomic E-state index is 0.0380. The van der Waals surface area contributed by atoms with Crippen molar-refractivity contribution >= 4 is 29.0 Å². The standard InChI is InChI=1S/C13H10Cl2N2O2/c14-9-3-6-12(11(15)7-9)19-10-4-1-8(2-5-10)13(16)17-18/h1-7,18H,(H2,16,17). The van der Waals surface area contributed by atoms with E-state index in [1.165, 1.54) is 0 Å². The summed E-state index contributed by atoms with van der Waals surface area (Å²) in [6.07, 6.45) is 0. The molecule has 0 spiro atoms. The zero-order valence-electron chi connectivity index (χ0n) is 9.68. The largest absolute Gasteiger partial charge is 0.456 e. The van der Waals surface area contributed by atoms with Crippen molar-refractivity contribution in [1.29, 1.82) is 0 Å². The zero-order chi connectivity index (χ0) is 13.8. The first-order valence-electron chi connectivity index (χ1n) is 5.31. The Hall–Kier alpha value is -1.91. The van der Waals surface area contributed by atoms with Crippen molar-refractivity contribution in [2.24, 2.45) is 10.9 Å². The monoisotopic (exact) mass is 296 g/mol. The van der Waals surface area contributed by atoms with Gasteiger partial charge >= 0.3 is 0 Å². The molecule has 0 saturated heterocycles. The maximum atomic E-state index is 8.56. The van der Waals surface area contributed by atoms with E-state index in [0.29, 0.717) is 27.1 Å². The summed E-state index contributed by atoms with van der Waals surface area (Å²) in [7, 11) is 0. The van der Waals surface area contributed by atoms with E-state index < -0.39 is 0 Å². The van der Waals surface area contributed by atoms with E-state index in [-0.39, 0.29) is 5.84 Å². The number of oxime groups is 1. The topological polar surface area (TPSA) is 67.8 Å². The molecule has 0 unspecified atom stereocenters. The maximum Gasteiger partial charge on any atom is 0.170 e. The number of hydrogen-bond donors (Lipinski definition) is 2. The van der Waals surface area contributed by atoms with Gasteiger partial charge in [-0.2, -0.15) is 0 Å². The Morgan fingerprint density at radius 3 is 2.37 bits per heavy atom. The van der Waals surface area contributed by atoms with Crippen molar-refractivity contribution < 1.29 is 9.94 Å². The van der Waals surface area contributed by atoms with Gasteiger partial charge in [0.15, 0.2) is 5.84 Å². The molecule has 98 valence electrons. The highest BCUT2D eigenvalue weighted by atomic mass is 35.5. The molecule has 3 N–H and O–H groups in total. The maximum absolute atomic E-state index is 8.56. The highest BCUT2D eigenvalue weighted by molar-refractivity contribution is 6.35. The van der Waals surface area contributed by atoms with Gasteiger partial charge in [0.05, 0.1) is 5.02 Å². The van der Waals surface area contributed by atoms with Gasteiger partial charge in [-0.3, -0.25) is 0 Å². The summed E-state index contributed by atoms with van der Waals surface area (Å²) >= 11 is 11.8. The summed E-state index contributed by atoms with van der Waals surface area (Å²) < 4.78 is 5.60. The molecule has 0 atom stereocenters. The van der Waals surface area contributed by atoms with E-state index in [4.69, 9.17) is 38.9 Å². The van der Waals surface area contributed by atoms with Gasteiger partial charge in [0.2, 0.25) is 0 Å². The first kappa shape index (κ1) is 13.5. The van der Waals surface area contributed by atoms with Gasteiger partial charge in [-0.1, -0.05) is 28.4 Å². The lowest BCUT2D eigenvalue weighted by Gasteiger charge is -2.08. The van der Waals surface area contributed by atoms with Crippen molar-refractivity contribution in [3.8, 4) is 11.5 Å². The lowest BCUT2D eigenvalue weighted by Crippen LogP contribution is -2.12. The van der Waals surface area contributed by atoms with E-state index >= 15 is 0 Å². The highest BCUT2D eigenvalue weighted by Gasteiger charge is 2.05. The van der Waals surface area contributed by atoms with E-state index in [9.17, 15) is 0 Å². The first-order chi connectivity index (χ1) is 9.10. The average Bonchev–Trinajstić information content (AvgIpc) is 2.42. The fourth-order valence-electron chi connectivity index (χ4n) is 1.44. The number of nitrogens with two attached hydrogens (primary N) is 1. The van der Waals surface area contributed by atoms with Crippen molar-refractivity contribution in [1.82, 2.24) is 0 Å². The van der Waals surface area contributed by atoms with Crippen LogP contribution in [0.25, 0.3) is 0 Å². The summed E-state index contributed by atoms with van der Waals surface area (Å²) in [6.45, 7) is 0. The van der Waals surface area contributed by atoms with Crippen LogP contribution in [0, 0.1) is 0 Å². The zero-order valence-corrected chi connectivity index (χ0v) is 11.2. The van der Waals surface area contributed by atoms with Crippen molar-refractivity contribution in [2.45, 2.75) is 0 Å². The number of nitrogens with zero attached hydrogens (tertiary/aromatic N) is 1. The van der Waals surface area contributed by atoms with E-state index in [0.717, 1.165) is 0 Å². The Balaban J connectivity index is 2.20. The van der Waals surface area contributed by atoms with Crippen LogP contribution in [0.1, 0.15) is 5.56 Å². The molecule has 0 aliphatic heterocycles. The smallest absolute Gasteiger partial charge is 0.170 e. The third-order valence-corrected chi connectivity index (χ3v) is 2.91. The molecule has 0 bridgehead atoms. The summed E-state index contributed by atoms with van der Waals surface area (Å²) in [4.78, 5) is 0. The predicted molar refractivity (Wildman–Crippen MR) is 75.5 cm³/mol. The highest BCUT2D eigenvalue weighted by Crippen LogP contribution is 2.31. The van der Waals surface area contributed by atoms with Crippen LogP contribution in [-0.2, 0) is 0 Å². The second-order valence-electron chi connectivity index (χ2n) is 3.69. The third kappa shape index (κ3) is 3.30. The first-order valence-corrected chi connectivity index (χ1v) is 6.06. The van der Waals surface area contributed by atoms with Gasteiger partial charge in [0.1, 0.15) is 11.5 Å². The van der Waals surface area contributed by atoms with Crippen LogP contribution >= 0.6 is 23.2 Å². The molecule has 2 aromatic rings. The lowest BCUT2D eigenvalue weighted by molar-refractivity contribution is 0.318. The molecule has 0 heterocycles. The third-order valence-electron chi connectivity index (χ3n) is 2.38. The summed E-state index contributed by atoms with van der Waals surface area (Å²) in [6, 6.07) is 11.7. The molecular weight excluding hydrogens is 287 g/mol. The van der Waals surface area contributed by atoms with Crippen LogP contribution in [0.2, 0.25) is 10.0 Å². The lowest BCUT2D eigenvalue weighted by atomic mass is 10.2. The van der Waals surface area contributed by atoms with Crippen molar-refractivity contribution in [3.63, 3.8) is 0 Å². The number of hydrogen-bond acceptors (Lipinski definition) is 3. The summed E-state index contributed by atoms with van der Waals surface area (Å²) in [5.74, 6) is 1.12.